The van der Waals surface area contributed by atoms with Crippen molar-refractivity contribution in [2.45, 2.75) is 26.3 Å². The maximum Gasteiger partial charge on any atom is 0.328 e. The van der Waals surface area contributed by atoms with Crippen LogP contribution in [0.25, 0.3) is 0 Å². The number of Topliss-reactive ketones (excluding diaryl/α,β-unsaturated/α-hetero) is 1. The van der Waals surface area contributed by atoms with Crippen LogP contribution in [0.5, 0.6) is 0 Å². The van der Waals surface area contributed by atoms with Gasteiger partial charge < -0.3 is 4.79 Å². The van der Waals surface area contributed by atoms with Gasteiger partial charge in [-0.25, -0.2) is 4.79 Å². The lowest BCUT2D eigenvalue weighted by Crippen LogP contribution is -2.29. The summed E-state index contributed by atoms with van der Waals surface area (Å²) in [4.78, 5) is 35.1. The quantitative estimate of drug-likeness (QED) is 0.877. The predicted molar refractivity (Wildman–Crippen MR) is 58.9 cm³/mol. The number of hydrogen-bond acceptors (Lipinski definition) is 3. The van der Waals surface area contributed by atoms with Crippen molar-refractivity contribution >= 4 is 21.7 Å². The van der Waals surface area contributed by atoms with Crippen molar-refractivity contribution in [3.8, 4) is 0 Å². The van der Waals surface area contributed by atoms with Crippen molar-refractivity contribution in [2.75, 3.05) is 0 Å². The Morgan fingerprint density at radius 2 is 2.20 bits per heavy atom. The van der Waals surface area contributed by atoms with Gasteiger partial charge in [-0.1, -0.05) is 0 Å². The molecule has 0 unspecified atom stereocenters. The molecule has 0 aliphatic heterocycles. The van der Waals surface area contributed by atoms with Gasteiger partial charge in [0.25, 0.3) is 5.56 Å². The number of ketones is 1. The molecule has 0 bridgehead atoms. The second-order valence-electron chi connectivity index (χ2n) is 3.24. The van der Waals surface area contributed by atoms with Crippen LogP contribution in [0.4, 0.5) is 0 Å². The third kappa shape index (κ3) is 3.47. The molecule has 1 rings (SSSR count). The van der Waals surface area contributed by atoms with E-state index in [1.54, 1.807) is 0 Å². The highest BCUT2D eigenvalue weighted by molar-refractivity contribution is 9.10. The Balaban J connectivity index is 2.78. The van der Waals surface area contributed by atoms with Crippen LogP contribution in [0, 0.1) is 0 Å². The zero-order valence-electron chi connectivity index (χ0n) is 8.25. The summed E-state index contributed by atoms with van der Waals surface area (Å²) in [7, 11) is 0. The van der Waals surface area contributed by atoms with E-state index in [1.165, 1.54) is 17.7 Å². The molecule has 0 aromatic carbocycles. The van der Waals surface area contributed by atoms with Gasteiger partial charge in [-0.3, -0.25) is 14.3 Å². The lowest BCUT2D eigenvalue weighted by atomic mass is 10.2. The van der Waals surface area contributed by atoms with Gasteiger partial charge in [0.15, 0.2) is 0 Å². The van der Waals surface area contributed by atoms with Crippen molar-refractivity contribution in [3.05, 3.63) is 31.5 Å². The van der Waals surface area contributed by atoms with Gasteiger partial charge >= 0.3 is 5.69 Å². The normalized spacial score (nSPS) is 10.3. The van der Waals surface area contributed by atoms with Crippen LogP contribution >= 0.6 is 15.9 Å². The Labute approximate surface area is 94.3 Å². The van der Waals surface area contributed by atoms with E-state index in [1.807, 2.05) is 0 Å². The first-order chi connectivity index (χ1) is 7.00. The third-order valence-electron chi connectivity index (χ3n) is 1.90. The van der Waals surface area contributed by atoms with Gasteiger partial charge in [-0.05, 0) is 29.3 Å². The summed E-state index contributed by atoms with van der Waals surface area (Å²) in [5, 5.41) is 0. The van der Waals surface area contributed by atoms with Gasteiger partial charge in [0.1, 0.15) is 5.78 Å². The topological polar surface area (TPSA) is 71.9 Å². The van der Waals surface area contributed by atoms with E-state index in [9.17, 15) is 14.4 Å². The molecular formula is C9H11BrN2O3. The number of rotatable bonds is 4. The molecular weight excluding hydrogens is 264 g/mol. The highest BCUT2D eigenvalue weighted by atomic mass is 79.9. The lowest BCUT2D eigenvalue weighted by Gasteiger charge is -2.03. The maximum absolute atomic E-state index is 11.3. The largest absolute Gasteiger partial charge is 0.328 e. The summed E-state index contributed by atoms with van der Waals surface area (Å²) in [6.07, 6.45) is 2.46. The number of halogens is 1. The fraction of sp³-hybridized carbons (Fsp3) is 0.444. The van der Waals surface area contributed by atoms with Crippen LogP contribution in [0.3, 0.4) is 0 Å². The molecule has 0 aliphatic carbocycles. The maximum atomic E-state index is 11.3. The molecule has 1 heterocycles. The van der Waals surface area contributed by atoms with Gasteiger partial charge in [-0.15, -0.1) is 0 Å². The predicted octanol–water partition coefficient (Wildman–Crippen LogP) is 0.668. The minimum atomic E-state index is -0.452. The van der Waals surface area contributed by atoms with E-state index in [2.05, 4.69) is 20.9 Å². The van der Waals surface area contributed by atoms with Crippen LogP contribution in [-0.2, 0) is 11.3 Å². The smallest absolute Gasteiger partial charge is 0.300 e. The van der Waals surface area contributed by atoms with E-state index in [0.717, 1.165) is 0 Å². The summed E-state index contributed by atoms with van der Waals surface area (Å²) in [5.74, 6) is 0.0894. The molecule has 6 heteroatoms. The van der Waals surface area contributed by atoms with Crippen molar-refractivity contribution < 1.29 is 4.79 Å². The lowest BCUT2D eigenvalue weighted by molar-refractivity contribution is -0.117. The Kier molecular flexibility index (Phi) is 4.02. The first-order valence-electron chi connectivity index (χ1n) is 4.49. The standard InChI is InChI=1S/C9H11BrN2O3/c1-6(13)3-2-4-12-5-7(10)8(14)11-9(12)15/h5H,2-4H2,1H3,(H,11,14,15). The second-order valence-corrected chi connectivity index (χ2v) is 4.09. The molecule has 0 atom stereocenters. The number of aryl methyl sites for hydroxylation is 1. The van der Waals surface area contributed by atoms with Crippen molar-refractivity contribution in [1.29, 1.82) is 0 Å². The molecule has 0 aliphatic rings. The monoisotopic (exact) mass is 274 g/mol. The molecule has 0 fully saturated rings. The van der Waals surface area contributed by atoms with Crippen molar-refractivity contribution in [3.63, 3.8) is 0 Å². The zero-order chi connectivity index (χ0) is 11.4. The number of nitrogens with zero attached hydrogens (tertiary/aromatic N) is 1. The van der Waals surface area contributed by atoms with Gasteiger partial charge in [0.05, 0.1) is 4.47 Å². The summed E-state index contributed by atoms with van der Waals surface area (Å²) >= 11 is 3.03. The Morgan fingerprint density at radius 1 is 1.53 bits per heavy atom. The average molecular weight is 275 g/mol. The number of hydrogen-bond donors (Lipinski definition) is 1. The number of H-pyrrole nitrogens is 1. The SMILES string of the molecule is CC(=O)CCCn1cc(Br)c(=O)[nH]c1=O. The number of aromatic nitrogens is 2. The second kappa shape index (κ2) is 5.06. The highest BCUT2D eigenvalue weighted by Gasteiger charge is 2.02. The molecule has 1 aromatic rings. The molecule has 0 spiro atoms. The van der Waals surface area contributed by atoms with Gasteiger partial charge in [-0.2, -0.15) is 0 Å². The molecule has 15 heavy (non-hydrogen) atoms. The minimum Gasteiger partial charge on any atom is -0.300 e. The fourth-order valence-electron chi connectivity index (χ4n) is 1.15. The van der Waals surface area contributed by atoms with E-state index in [-0.39, 0.29) is 5.78 Å². The number of carbonyl (C=O) groups excluding carboxylic acids is 1. The summed E-state index contributed by atoms with van der Waals surface area (Å²) < 4.78 is 1.68. The first-order valence-corrected chi connectivity index (χ1v) is 5.28. The molecule has 0 saturated heterocycles. The van der Waals surface area contributed by atoms with Crippen LogP contribution in [0.1, 0.15) is 19.8 Å². The van der Waals surface area contributed by atoms with Crippen LogP contribution in [-0.4, -0.2) is 15.3 Å². The van der Waals surface area contributed by atoms with Crippen LogP contribution in [0.2, 0.25) is 0 Å². The molecule has 1 N–H and O–H groups in total. The van der Waals surface area contributed by atoms with E-state index < -0.39 is 11.2 Å². The molecule has 0 amide bonds. The number of nitrogens with one attached hydrogen (secondary N) is 1. The van der Waals surface area contributed by atoms with Gasteiger partial charge in [0, 0.05) is 19.2 Å². The molecule has 5 nitrogen and oxygen atoms in total. The number of aromatic amines is 1. The van der Waals surface area contributed by atoms with Crippen molar-refractivity contribution in [1.82, 2.24) is 9.55 Å². The molecule has 1 aromatic heterocycles. The fourth-order valence-corrected chi connectivity index (χ4v) is 1.49. The Bertz CT molecular complexity index is 475. The summed E-state index contributed by atoms with van der Waals surface area (Å²) in [6, 6.07) is 0. The summed E-state index contributed by atoms with van der Waals surface area (Å²) in [6.45, 7) is 1.93. The van der Waals surface area contributed by atoms with Crippen LogP contribution < -0.4 is 11.2 Å². The third-order valence-corrected chi connectivity index (χ3v) is 2.46. The van der Waals surface area contributed by atoms with E-state index in [0.29, 0.717) is 23.9 Å². The zero-order valence-corrected chi connectivity index (χ0v) is 9.83. The molecule has 0 radical (unpaired) electrons. The van der Waals surface area contributed by atoms with E-state index in [4.69, 9.17) is 0 Å². The van der Waals surface area contributed by atoms with E-state index >= 15 is 0 Å². The highest BCUT2D eigenvalue weighted by Crippen LogP contribution is 1.99. The molecule has 82 valence electrons. The Morgan fingerprint density at radius 3 is 2.80 bits per heavy atom. The van der Waals surface area contributed by atoms with Crippen molar-refractivity contribution in [2.24, 2.45) is 0 Å². The van der Waals surface area contributed by atoms with Gasteiger partial charge in [0.2, 0.25) is 0 Å². The summed E-state index contributed by atoms with van der Waals surface area (Å²) in [5.41, 5.74) is -0.894. The average Bonchev–Trinajstić information content (AvgIpc) is 2.13. The number of carbonyl (C=O) groups is 1. The minimum absolute atomic E-state index is 0.0894. The Hall–Kier alpha value is -1.17. The first kappa shape index (κ1) is 11.9. The van der Waals surface area contributed by atoms with Crippen LogP contribution in [0.15, 0.2) is 20.3 Å². The molecule has 0 saturated carbocycles.